The van der Waals surface area contributed by atoms with Crippen LogP contribution in [0.25, 0.3) is 0 Å². The van der Waals surface area contributed by atoms with Gasteiger partial charge in [0, 0.05) is 18.9 Å². The Morgan fingerprint density at radius 1 is 1.37 bits per heavy atom. The summed E-state index contributed by atoms with van der Waals surface area (Å²) in [6.07, 6.45) is 0.0305. The van der Waals surface area contributed by atoms with E-state index in [0.717, 1.165) is 0 Å². The molecule has 0 radical (unpaired) electrons. The van der Waals surface area contributed by atoms with E-state index in [1.54, 1.807) is 18.2 Å². The predicted molar refractivity (Wildman–Crippen MR) is 65.6 cm³/mol. The first-order valence-electron chi connectivity index (χ1n) is 5.86. The van der Waals surface area contributed by atoms with Gasteiger partial charge in [-0.2, -0.15) is 0 Å². The third kappa shape index (κ3) is 4.87. The van der Waals surface area contributed by atoms with Crippen LogP contribution in [0.1, 0.15) is 18.4 Å². The van der Waals surface area contributed by atoms with Crippen molar-refractivity contribution in [2.45, 2.75) is 19.3 Å². The minimum atomic E-state index is -1.25. The number of para-hydroxylation sites is 1. The van der Waals surface area contributed by atoms with E-state index in [-0.39, 0.29) is 24.5 Å². The molecule has 0 aliphatic heterocycles. The zero-order valence-corrected chi connectivity index (χ0v) is 10.6. The van der Waals surface area contributed by atoms with Crippen molar-refractivity contribution in [2.24, 2.45) is 0 Å². The van der Waals surface area contributed by atoms with Crippen LogP contribution < -0.4 is 15.2 Å². The zero-order valence-electron chi connectivity index (χ0n) is 10.6. The van der Waals surface area contributed by atoms with E-state index < -0.39 is 5.97 Å². The third-order valence-electron chi connectivity index (χ3n) is 2.58. The van der Waals surface area contributed by atoms with Crippen LogP contribution in [0.2, 0.25) is 0 Å². The molecule has 1 rings (SSSR count). The second kappa shape index (κ2) is 7.25. The highest BCUT2D eigenvalue weighted by molar-refractivity contribution is 5.79. The van der Waals surface area contributed by atoms with Crippen LogP contribution in [0.15, 0.2) is 18.2 Å². The second-order valence-corrected chi connectivity index (χ2v) is 3.94. The van der Waals surface area contributed by atoms with Gasteiger partial charge in [0.2, 0.25) is 5.91 Å². The Hall–Kier alpha value is -2.24. The molecular weight excluding hydrogens is 250 g/mol. The minimum absolute atomic E-state index is 0.0500. The highest BCUT2D eigenvalue weighted by atomic mass is 16.5. The number of nitrogens with one attached hydrogen (secondary N) is 1. The number of aromatic hydroxyl groups is 1. The van der Waals surface area contributed by atoms with E-state index in [9.17, 15) is 19.8 Å². The molecule has 1 aromatic carbocycles. The van der Waals surface area contributed by atoms with E-state index >= 15 is 0 Å². The number of hydrogen-bond donors (Lipinski definition) is 2. The molecule has 0 unspecified atom stereocenters. The van der Waals surface area contributed by atoms with Crippen LogP contribution >= 0.6 is 0 Å². The Morgan fingerprint density at radius 2 is 2.11 bits per heavy atom. The van der Waals surface area contributed by atoms with Gasteiger partial charge in [0.05, 0.1) is 7.11 Å². The number of methoxy groups -OCH3 is 1. The van der Waals surface area contributed by atoms with E-state index in [2.05, 4.69) is 5.32 Å². The van der Waals surface area contributed by atoms with Crippen LogP contribution in [0, 0.1) is 0 Å². The topological polar surface area (TPSA) is 98.7 Å². The predicted octanol–water partition coefficient (Wildman–Crippen LogP) is -0.410. The Morgan fingerprint density at radius 3 is 2.74 bits per heavy atom. The summed E-state index contributed by atoms with van der Waals surface area (Å²) < 4.78 is 4.97. The molecule has 0 saturated heterocycles. The quantitative estimate of drug-likeness (QED) is 0.699. The zero-order chi connectivity index (χ0) is 14.3. The molecule has 19 heavy (non-hydrogen) atoms. The molecule has 0 spiro atoms. The SMILES string of the molecule is COc1cccc(CCNC(=O)CCC(=O)[O-])c1O. The Bertz CT molecular complexity index is 458. The lowest BCUT2D eigenvalue weighted by Crippen LogP contribution is -2.29. The minimum Gasteiger partial charge on any atom is -0.550 e. The van der Waals surface area contributed by atoms with Gasteiger partial charge in [0.25, 0.3) is 0 Å². The summed E-state index contributed by atoms with van der Waals surface area (Å²) in [7, 11) is 1.46. The summed E-state index contributed by atoms with van der Waals surface area (Å²) in [5.74, 6) is -1.18. The van der Waals surface area contributed by atoms with Gasteiger partial charge in [-0.3, -0.25) is 4.79 Å². The standard InChI is InChI=1S/C13H17NO5/c1-19-10-4-2-3-9(13(10)18)7-8-14-11(15)5-6-12(16)17/h2-4,18H,5-8H2,1H3,(H,14,15)(H,16,17)/p-1. The molecule has 0 heterocycles. The normalized spacial score (nSPS) is 9.95. The smallest absolute Gasteiger partial charge is 0.220 e. The molecule has 6 heteroatoms. The van der Waals surface area contributed by atoms with Gasteiger partial charge in [0.1, 0.15) is 0 Å². The van der Waals surface area contributed by atoms with Crippen molar-refractivity contribution < 1.29 is 24.5 Å². The van der Waals surface area contributed by atoms with Gasteiger partial charge in [-0.15, -0.1) is 0 Å². The molecule has 0 aromatic heterocycles. The lowest BCUT2D eigenvalue weighted by molar-refractivity contribution is -0.305. The van der Waals surface area contributed by atoms with Gasteiger partial charge >= 0.3 is 0 Å². The van der Waals surface area contributed by atoms with Crippen molar-refractivity contribution >= 4 is 11.9 Å². The Labute approximate surface area is 111 Å². The van der Waals surface area contributed by atoms with Crippen molar-refractivity contribution in [3.8, 4) is 11.5 Å². The molecule has 0 fully saturated rings. The first kappa shape index (κ1) is 14.8. The van der Waals surface area contributed by atoms with Crippen molar-refractivity contribution in [3.05, 3.63) is 23.8 Å². The molecule has 0 aliphatic carbocycles. The summed E-state index contributed by atoms with van der Waals surface area (Å²) in [5, 5.41) is 22.6. The number of phenolic OH excluding ortho intramolecular Hbond substituents is 1. The first-order valence-corrected chi connectivity index (χ1v) is 5.86. The molecule has 0 aliphatic rings. The number of carboxylic acids is 1. The lowest BCUT2D eigenvalue weighted by Gasteiger charge is -2.09. The van der Waals surface area contributed by atoms with Gasteiger partial charge in [-0.1, -0.05) is 12.1 Å². The maximum Gasteiger partial charge on any atom is 0.220 e. The number of aliphatic carboxylic acids is 1. The number of carboxylic acid groups (broad SMARTS) is 1. The molecule has 1 aromatic rings. The molecular formula is C13H16NO5-. The molecule has 104 valence electrons. The van der Waals surface area contributed by atoms with E-state index in [1.807, 2.05) is 0 Å². The van der Waals surface area contributed by atoms with Crippen molar-refractivity contribution in [1.82, 2.24) is 5.32 Å². The lowest BCUT2D eigenvalue weighted by atomic mass is 10.1. The fraction of sp³-hybridized carbons (Fsp3) is 0.385. The van der Waals surface area contributed by atoms with Crippen LogP contribution in [0.3, 0.4) is 0 Å². The monoisotopic (exact) mass is 266 g/mol. The maximum absolute atomic E-state index is 11.3. The highest BCUT2D eigenvalue weighted by Gasteiger charge is 2.07. The van der Waals surface area contributed by atoms with Gasteiger partial charge < -0.3 is 25.1 Å². The summed E-state index contributed by atoms with van der Waals surface area (Å²) >= 11 is 0. The van der Waals surface area contributed by atoms with Crippen LogP contribution in [-0.2, 0) is 16.0 Å². The van der Waals surface area contributed by atoms with Gasteiger partial charge in [0.15, 0.2) is 11.5 Å². The van der Waals surface area contributed by atoms with Crippen LogP contribution in [0.5, 0.6) is 11.5 Å². The van der Waals surface area contributed by atoms with E-state index in [1.165, 1.54) is 7.11 Å². The van der Waals surface area contributed by atoms with E-state index in [0.29, 0.717) is 24.3 Å². The third-order valence-corrected chi connectivity index (χ3v) is 2.58. The summed E-state index contributed by atoms with van der Waals surface area (Å²) in [6, 6.07) is 5.11. The van der Waals surface area contributed by atoms with Crippen LogP contribution in [0.4, 0.5) is 0 Å². The summed E-state index contributed by atoms with van der Waals surface area (Å²) in [6.45, 7) is 0.312. The second-order valence-electron chi connectivity index (χ2n) is 3.94. The van der Waals surface area contributed by atoms with E-state index in [4.69, 9.17) is 4.74 Å². The average molecular weight is 266 g/mol. The number of benzene rings is 1. The average Bonchev–Trinajstić information content (AvgIpc) is 2.38. The van der Waals surface area contributed by atoms with Crippen LogP contribution in [-0.4, -0.2) is 30.6 Å². The molecule has 0 saturated carbocycles. The molecule has 0 atom stereocenters. The fourth-order valence-corrected chi connectivity index (χ4v) is 1.57. The maximum atomic E-state index is 11.3. The number of amides is 1. The number of hydrogen-bond acceptors (Lipinski definition) is 5. The molecule has 6 nitrogen and oxygen atoms in total. The molecule has 0 bridgehead atoms. The van der Waals surface area contributed by atoms with Crippen molar-refractivity contribution in [3.63, 3.8) is 0 Å². The Balaban J connectivity index is 2.41. The highest BCUT2D eigenvalue weighted by Crippen LogP contribution is 2.29. The number of ether oxygens (including phenoxy) is 1. The number of phenols is 1. The summed E-state index contributed by atoms with van der Waals surface area (Å²) in [5.41, 5.74) is 0.652. The first-order chi connectivity index (χ1) is 9.04. The Kier molecular flexibility index (Phi) is 5.66. The fourth-order valence-electron chi connectivity index (χ4n) is 1.57. The number of carbonyl (C=O) groups excluding carboxylic acids is 2. The number of carbonyl (C=O) groups is 2. The largest absolute Gasteiger partial charge is 0.550 e. The number of rotatable bonds is 7. The van der Waals surface area contributed by atoms with Gasteiger partial charge in [-0.25, -0.2) is 0 Å². The van der Waals surface area contributed by atoms with Crippen molar-refractivity contribution in [1.29, 1.82) is 0 Å². The molecule has 1 amide bonds. The summed E-state index contributed by atoms with van der Waals surface area (Å²) in [4.78, 5) is 21.4. The van der Waals surface area contributed by atoms with Gasteiger partial charge in [-0.05, 0) is 24.5 Å². The van der Waals surface area contributed by atoms with Crippen molar-refractivity contribution in [2.75, 3.05) is 13.7 Å². The molecule has 2 N–H and O–H groups in total.